The number of nitro groups is 1. The normalized spacial score (nSPS) is 30.5. The van der Waals surface area contributed by atoms with Crippen molar-refractivity contribution in [3.8, 4) is 0 Å². The largest absolute Gasteiger partial charge is 0.481 e. The van der Waals surface area contributed by atoms with Gasteiger partial charge >= 0.3 is 5.97 Å². The van der Waals surface area contributed by atoms with Crippen LogP contribution in [0.3, 0.4) is 0 Å². The van der Waals surface area contributed by atoms with E-state index < -0.39 is 21.7 Å². The molecule has 0 saturated carbocycles. The lowest BCUT2D eigenvalue weighted by Crippen LogP contribution is -2.35. The molecule has 1 aliphatic heterocycles. The molecule has 78 valence electrons. The first-order valence-electron chi connectivity index (χ1n) is 4.20. The monoisotopic (exact) mass is 217 g/mol. The van der Waals surface area contributed by atoms with E-state index in [0.29, 0.717) is 6.42 Å². The minimum atomic E-state index is -0.995. The number of rotatable bonds is 4. The summed E-state index contributed by atoms with van der Waals surface area (Å²) in [6.45, 7) is 1.77. The fraction of sp³-hybridized carbons (Fsp3) is 0.625. The van der Waals surface area contributed by atoms with Crippen LogP contribution in [-0.2, 0) is 4.79 Å². The second kappa shape index (κ2) is 4.00. The van der Waals surface area contributed by atoms with Crippen molar-refractivity contribution in [2.45, 2.75) is 25.1 Å². The molecule has 6 heteroatoms. The highest BCUT2D eigenvalue weighted by Gasteiger charge is 2.48. The van der Waals surface area contributed by atoms with Gasteiger partial charge in [0.2, 0.25) is 0 Å². The molecule has 0 saturated heterocycles. The molecule has 0 bridgehead atoms. The van der Waals surface area contributed by atoms with Crippen molar-refractivity contribution in [2.75, 3.05) is 0 Å². The Hall–Kier alpha value is -1.04. The zero-order valence-corrected chi connectivity index (χ0v) is 8.49. The van der Waals surface area contributed by atoms with Crippen molar-refractivity contribution in [2.24, 2.45) is 5.41 Å². The van der Waals surface area contributed by atoms with Gasteiger partial charge in [0.15, 0.2) is 0 Å². The van der Waals surface area contributed by atoms with Gasteiger partial charge in [0.25, 0.3) is 5.37 Å². The molecule has 1 heterocycles. The average Bonchev–Trinajstić information content (AvgIpc) is 2.48. The zero-order chi connectivity index (χ0) is 10.8. The zero-order valence-electron chi connectivity index (χ0n) is 7.67. The van der Waals surface area contributed by atoms with Crippen LogP contribution >= 0.6 is 11.8 Å². The summed E-state index contributed by atoms with van der Waals surface area (Å²) in [6.07, 6.45) is 1.94. The van der Waals surface area contributed by atoms with Gasteiger partial charge in [-0.2, -0.15) is 0 Å². The van der Waals surface area contributed by atoms with Crippen LogP contribution in [0.15, 0.2) is 11.5 Å². The Labute approximate surface area is 85.3 Å². The molecule has 0 amide bonds. The number of aliphatic carboxylic acids is 1. The molecule has 1 N–H and O–H groups in total. The number of hydrogen-bond donors (Lipinski definition) is 1. The Morgan fingerprint density at radius 2 is 2.43 bits per heavy atom. The first kappa shape index (κ1) is 11.0. The standard InChI is InChI=1S/C8H11NO4S/c1-2-8(5-6(10)11)3-4-14-7(8)9(12)13/h3-4,7H,2,5H2,1H3,(H,10,11). The highest BCUT2D eigenvalue weighted by atomic mass is 32.2. The topological polar surface area (TPSA) is 80.4 Å². The quantitative estimate of drug-likeness (QED) is 0.572. The molecule has 2 atom stereocenters. The summed E-state index contributed by atoms with van der Waals surface area (Å²) in [5.74, 6) is -0.995. The number of carboxylic acids is 1. The van der Waals surface area contributed by atoms with Gasteiger partial charge in [-0.25, -0.2) is 0 Å². The van der Waals surface area contributed by atoms with E-state index in [1.54, 1.807) is 18.4 Å². The predicted octanol–water partition coefficient (Wildman–Crippen LogP) is 1.72. The molecule has 0 spiro atoms. The van der Waals surface area contributed by atoms with Gasteiger partial charge in [-0.05, 0) is 11.8 Å². The third-order valence-corrected chi connectivity index (χ3v) is 3.62. The highest BCUT2D eigenvalue weighted by molar-refractivity contribution is 8.02. The Morgan fingerprint density at radius 3 is 2.86 bits per heavy atom. The van der Waals surface area contributed by atoms with Crippen molar-refractivity contribution >= 4 is 17.7 Å². The number of carboxylic acid groups (broad SMARTS) is 1. The third kappa shape index (κ3) is 1.89. The van der Waals surface area contributed by atoms with E-state index >= 15 is 0 Å². The Balaban J connectivity index is 2.90. The number of nitrogens with zero attached hydrogens (tertiary/aromatic N) is 1. The molecule has 14 heavy (non-hydrogen) atoms. The van der Waals surface area contributed by atoms with Gasteiger partial charge in [-0.3, -0.25) is 14.9 Å². The van der Waals surface area contributed by atoms with Crippen LogP contribution in [0.1, 0.15) is 19.8 Å². The van der Waals surface area contributed by atoms with Crippen molar-refractivity contribution in [1.29, 1.82) is 0 Å². The van der Waals surface area contributed by atoms with Gasteiger partial charge in [0.1, 0.15) is 0 Å². The lowest BCUT2D eigenvalue weighted by Gasteiger charge is -2.24. The summed E-state index contributed by atoms with van der Waals surface area (Å²) in [6, 6.07) is 0. The van der Waals surface area contributed by atoms with Gasteiger partial charge in [-0.1, -0.05) is 24.8 Å². The average molecular weight is 217 g/mol. The maximum Gasteiger partial charge on any atom is 0.304 e. The first-order chi connectivity index (χ1) is 6.52. The van der Waals surface area contributed by atoms with Gasteiger partial charge < -0.3 is 5.11 Å². The van der Waals surface area contributed by atoms with E-state index in [-0.39, 0.29) is 6.42 Å². The maximum atomic E-state index is 10.7. The third-order valence-electron chi connectivity index (χ3n) is 2.43. The molecular formula is C8H11NO4S. The molecule has 1 aliphatic rings. The molecule has 1 rings (SSSR count). The van der Waals surface area contributed by atoms with E-state index in [1.807, 2.05) is 0 Å². The smallest absolute Gasteiger partial charge is 0.304 e. The molecule has 0 fully saturated rings. The number of carbonyl (C=O) groups is 1. The summed E-state index contributed by atoms with van der Waals surface area (Å²) in [7, 11) is 0. The summed E-state index contributed by atoms with van der Waals surface area (Å²) in [5.41, 5.74) is -0.819. The van der Waals surface area contributed by atoms with E-state index in [1.165, 1.54) is 0 Å². The van der Waals surface area contributed by atoms with Crippen LogP contribution in [0.5, 0.6) is 0 Å². The lowest BCUT2D eigenvalue weighted by molar-refractivity contribution is -0.510. The van der Waals surface area contributed by atoms with Crippen molar-refractivity contribution in [3.05, 3.63) is 21.6 Å². The SMILES string of the molecule is CCC1(CC(=O)O)C=CSC1[N+](=O)[O-]. The summed E-state index contributed by atoms with van der Waals surface area (Å²) >= 11 is 1.08. The van der Waals surface area contributed by atoms with Crippen LogP contribution in [0.2, 0.25) is 0 Å². The van der Waals surface area contributed by atoms with E-state index in [0.717, 1.165) is 11.8 Å². The molecule has 5 nitrogen and oxygen atoms in total. The Bertz CT molecular complexity index is 291. The van der Waals surface area contributed by atoms with Crippen LogP contribution in [0, 0.1) is 15.5 Å². The Morgan fingerprint density at radius 1 is 1.79 bits per heavy atom. The van der Waals surface area contributed by atoms with Crippen molar-refractivity contribution in [1.82, 2.24) is 0 Å². The highest BCUT2D eigenvalue weighted by Crippen LogP contribution is 2.45. The molecule has 0 aliphatic carbocycles. The molecule has 0 aromatic carbocycles. The van der Waals surface area contributed by atoms with E-state index in [2.05, 4.69) is 0 Å². The molecule has 0 radical (unpaired) electrons. The van der Waals surface area contributed by atoms with Gasteiger partial charge in [0, 0.05) is 4.92 Å². The van der Waals surface area contributed by atoms with Gasteiger partial charge in [0.05, 0.1) is 11.8 Å². The molecule has 2 unspecified atom stereocenters. The van der Waals surface area contributed by atoms with Crippen LogP contribution in [0.4, 0.5) is 0 Å². The van der Waals surface area contributed by atoms with E-state index in [4.69, 9.17) is 5.11 Å². The number of thioether (sulfide) groups is 1. The second-order valence-electron chi connectivity index (χ2n) is 3.23. The van der Waals surface area contributed by atoms with Gasteiger partial charge in [-0.15, -0.1) is 0 Å². The maximum absolute atomic E-state index is 10.7. The lowest BCUT2D eigenvalue weighted by atomic mass is 9.82. The second-order valence-corrected chi connectivity index (χ2v) is 4.22. The first-order valence-corrected chi connectivity index (χ1v) is 5.14. The minimum Gasteiger partial charge on any atom is -0.481 e. The van der Waals surface area contributed by atoms with E-state index in [9.17, 15) is 14.9 Å². The van der Waals surface area contributed by atoms with Crippen LogP contribution in [0.25, 0.3) is 0 Å². The summed E-state index contributed by atoms with van der Waals surface area (Å²) < 4.78 is 0. The predicted molar refractivity (Wildman–Crippen MR) is 52.5 cm³/mol. The fourth-order valence-electron chi connectivity index (χ4n) is 1.57. The molecular weight excluding hydrogens is 206 g/mol. The minimum absolute atomic E-state index is 0.182. The number of hydrogen-bond acceptors (Lipinski definition) is 4. The molecule has 0 aromatic heterocycles. The fourth-order valence-corrected chi connectivity index (χ4v) is 2.77. The van der Waals surface area contributed by atoms with Crippen LogP contribution in [-0.4, -0.2) is 21.4 Å². The van der Waals surface area contributed by atoms with Crippen LogP contribution < -0.4 is 0 Å². The van der Waals surface area contributed by atoms with Crippen molar-refractivity contribution < 1.29 is 14.8 Å². The molecule has 0 aromatic rings. The Kier molecular flexibility index (Phi) is 3.15. The summed E-state index contributed by atoms with van der Waals surface area (Å²) in [4.78, 5) is 20.9. The summed E-state index contributed by atoms with van der Waals surface area (Å²) in [5, 5.41) is 20.2. The van der Waals surface area contributed by atoms with Crippen molar-refractivity contribution in [3.63, 3.8) is 0 Å².